The van der Waals surface area contributed by atoms with Crippen molar-refractivity contribution in [3.8, 4) is 0 Å². The molecule has 1 aliphatic rings. The molecule has 5 heteroatoms. The van der Waals surface area contributed by atoms with E-state index in [-0.39, 0.29) is 0 Å². The minimum absolute atomic E-state index is 0.329. The Kier molecular flexibility index (Phi) is 4.34. The smallest absolute Gasteiger partial charge is 0.264 e. The van der Waals surface area contributed by atoms with Gasteiger partial charge in [-0.1, -0.05) is 0 Å². The first-order valence-electron chi connectivity index (χ1n) is 4.88. The standard InChI is InChI=1S/C9H18O4S/c1-12-9-5-3-8(4-6-9)7-13-14(2,10)11/h8-9H,3-7H2,1-2H3/t8-,9-. The second kappa shape index (κ2) is 5.09. The maximum Gasteiger partial charge on any atom is 0.264 e. The molecular weight excluding hydrogens is 204 g/mol. The van der Waals surface area contributed by atoms with Gasteiger partial charge in [0.15, 0.2) is 0 Å². The lowest BCUT2D eigenvalue weighted by Crippen LogP contribution is -2.24. The van der Waals surface area contributed by atoms with Crippen molar-refractivity contribution in [3.05, 3.63) is 0 Å². The molecule has 0 aliphatic heterocycles. The summed E-state index contributed by atoms with van der Waals surface area (Å²) in [4.78, 5) is 0. The van der Waals surface area contributed by atoms with Crippen molar-refractivity contribution in [2.45, 2.75) is 31.8 Å². The van der Waals surface area contributed by atoms with Crippen molar-refractivity contribution in [2.75, 3.05) is 20.0 Å². The Hall–Kier alpha value is -0.130. The molecular formula is C9H18O4S. The molecule has 0 amide bonds. The molecule has 14 heavy (non-hydrogen) atoms. The average molecular weight is 222 g/mol. The van der Waals surface area contributed by atoms with Crippen LogP contribution in [0.3, 0.4) is 0 Å². The van der Waals surface area contributed by atoms with Gasteiger partial charge >= 0.3 is 0 Å². The van der Waals surface area contributed by atoms with E-state index in [0.717, 1.165) is 31.9 Å². The van der Waals surface area contributed by atoms with Crippen LogP contribution in [0.4, 0.5) is 0 Å². The molecule has 4 nitrogen and oxygen atoms in total. The number of methoxy groups -OCH3 is 1. The number of ether oxygens (including phenoxy) is 1. The lowest BCUT2D eigenvalue weighted by molar-refractivity contribution is 0.0488. The predicted molar refractivity (Wildman–Crippen MR) is 53.6 cm³/mol. The third kappa shape index (κ3) is 4.39. The van der Waals surface area contributed by atoms with Crippen molar-refractivity contribution in [3.63, 3.8) is 0 Å². The molecule has 84 valence electrons. The first-order valence-corrected chi connectivity index (χ1v) is 6.70. The Labute approximate surface area is 85.7 Å². The SMILES string of the molecule is CO[C@H]1CC[C@H](COS(C)(=O)=O)CC1. The molecule has 0 aromatic heterocycles. The Balaban J connectivity index is 2.23. The topological polar surface area (TPSA) is 52.6 Å². The van der Waals surface area contributed by atoms with E-state index < -0.39 is 10.1 Å². The van der Waals surface area contributed by atoms with Crippen molar-refractivity contribution in [1.82, 2.24) is 0 Å². The minimum Gasteiger partial charge on any atom is -0.381 e. The van der Waals surface area contributed by atoms with E-state index in [1.165, 1.54) is 0 Å². The maximum atomic E-state index is 10.7. The zero-order valence-corrected chi connectivity index (χ0v) is 9.55. The molecule has 1 aliphatic carbocycles. The summed E-state index contributed by atoms with van der Waals surface area (Å²) in [6.45, 7) is 0.329. The van der Waals surface area contributed by atoms with Gasteiger partial charge in [0, 0.05) is 7.11 Å². The van der Waals surface area contributed by atoms with E-state index in [1.54, 1.807) is 7.11 Å². The lowest BCUT2D eigenvalue weighted by atomic mass is 9.88. The molecule has 1 fully saturated rings. The summed E-state index contributed by atoms with van der Waals surface area (Å²) >= 11 is 0. The van der Waals surface area contributed by atoms with E-state index in [4.69, 9.17) is 8.92 Å². The van der Waals surface area contributed by atoms with Gasteiger partial charge in [0.05, 0.1) is 19.0 Å². The molecule has 1 saturated carbocycles. The van der Waals surface area contributed by atoms with Crippen LogP contribution in [0.2, 0.25) is 0 Å². The van der Waals surface area contributed by atoms with Crippen molar-refractivity contribution in [1.29, 1.82) is 0 Å². The predicted octanol–water partition coefficient (Wildman–Crippen LogP) is 1.17. The van der Waals surface area contributed by atoms with Gasteiger partial charge in [-0.25, -0.2) is 0 Å². The molecule has 0 N–H and O–H groups in total. The summed E-state index contributed by atoms with van der Waals surface area (Å²) in [5, 5.41) is 0. The fourth-order valence-electron chi connectivity index (χ4n) is 1.75. The van der Waals surface area contributed by atoms with Crippen molar-refractivity contribution in [2.24, 2.45) is 5.92 Å². The van der Waals surface area contributed by atoms with Gasteiger partial charge in [0.2, 0.25) is 0 Å². The number of rotatable bonds is 4. The maximum absolute atomic E-state index is 10.7. The summed E-state index contributed by atoms with van der Waals surface area (Å²) in [6.07, 6.45) is 5.45. The first kappa shape index (κ1) is 11.9. The highest BCUT2D eigenvalue weighted by molar-refractivity contribution is 7.85. The lowest BCUT2D eigenvalue weighted by Gasteiger charge is -2.26. The van der Waals surface area contributed by atoms with Crippen molar-refractivity contribution < 1.29 is 17.3 Å². The molecule has 0 bridgehead atoms. The highest BCUT2D eigenvalue weighted by atomic mass is 32.2. The second-order valence-corrected chi connectivity index (χ2v) is 5.51. The fourth-order valence-corrected chi connectivity index (χ4v) is 2.19. The average Bonchev–Trinajstić information content (AvgIpc) is 2.14. The minimum atomic E-state index is -3.27. The van der Waals surface area contributed by atoms with Crippen LogP contribution < -0.4 is 0 Å². The van der Waals surface area contributed by atoms with E-state index in [2.05, 4.69) is 0 Å². The van der Waals surface area contributed by atoms with Crippen LogP contribution in [0.15, 0.2) is 0 Å². The molecule has 0 aromatic carbocycles. The normalized spacial score (nSPS) is 29.0. The van der Waals surface area contributed by atoms with Gasteiger partial charge in [-0.05, 0) is 31.6 Å². The zero-order valence-electron chi connectivity index (χ0n) is 8.73. The monoisotopic (exact) mass is 222 g/mol. The summed E-state index contributed by atoms with van der Waals surface area (Å²) < 4.78 is 31.5. The number of hydrogen-bond acceptors (Lipinski definition) is 4. The van der Waals surface area contributed by atoms with Crippen LogP contribution in [-0.2, 0) is 19.0 Å². The Morgan fingerprint density at radius 2 is 1.79 bits per heavy atom. The van der Waals surface area contributed by atoms with E-state index >= 15 is 0 Å². The van der Waals surface area contributed by atoms with Crippen LogP contribution in [0.1, 0.15) is 25.7 Å². The molecule has 0 radical (unpaired) electrons. The van der Waals surface area contributed by atoms with Gasteiger partial charge in [-0.3, -0.25) is 4.18 Å². The van der Waals surface area contributed by atoms with Crippen LogP contribution in [-0.4, -0.2) is 34.5 Å². The Bertz CT molecular complexity index is 252. The third-order valence-electron chi connectivity index (χ3n) is 2.64. The quantitative estimate of drug-likeness (QED) is 0.670. The van der Waals surface area contributed by atoms with Gasteiger partial charge < -0.3 is 4.74 Å². The van der Waals surface area contributed by atoms with Crippen molar-refractivity contribution >= 4 is 10.1 Å². The second-order valence-electron chi connectivity index (χ2n) is 3.87. The van der Waals surface area contributed by atoms with Gasteiger partial charge in [-0.15, -0.1) is 0 Å². The van der Waals surface area contributed by atoms with E-state index in [1.807, 2.05) is 0 Å². The van der Waals surface area contributed by atoms with E-state index in [0.29, 0.717) is 18.6 Å². The highest BCUT2D eigenvalue weighted by Gasteiger charge is 2.21. The molecule has 1 rings (SSSR count). The number of hydrogen-bond donors (Lipinski definition) is 0. The molecule has 0 heterocycles. The fraction of sp³-hybridized carbons (Fsp3) is 1.00. The highest BCUT2D eigenvalue weighted by Crippen LogP contribution is 2.26. The molecule has 0 spiro atoms. The summed E-state index contributed by atoms with van der Waals surface area (Å²) in [7, 11) is -1.55. The molecule has 0 atom stereocenters. The van der Waals surface area contributed by atoms with Gasteiger partial charge in [-0.2, -0.15) is 8.42 Å². The van der Waals surface area contributed by atoms with E-state index in [9.17, 15) is 8.42 Å². The molecule has 0 aromatic rings. The summed E-state index contributed by atoms with van der Waals surface area (Å²) in [5.74, 6) is 0.371. The van der Waals surface area contributed by atoms with Crippen LogP contribution in [0.5, 0.6) is 0 Å². The third-order valence-corrected chi connectivity index (χ3v) is 3.21. The van der Waals surface area contributed by atoms with Crippen LogP contribution in [0.25, 0.3) is 0 Å². The first-order chi connectivity index (χ1) is 6.51. The summed E-state index contributed by atoms with van der Waals surface area (Å²) in [6, 6.07) is 0. The van der Waals surface area contributed by atoms with Gasteiger partial charge in [0.25, 0.3) is 10.1 Å². The zero-order chi connectivity index (χ0) is 10.6. The Morgan fingerprint density at radius 3 is 2.21 bits per heavy atom. The molecule has 0 saturated heterocycles. The largest absolute Gasteiger partial charge is 0.381 e. The van der Waals surface area contributed by atoms with Crippen LogP contribution >= 0.6 is 0 Å². The molecule has 0 unspecified atom stereocenters. The Morgan fingerprint density at radius 1 is 1.21 bits per heavy atom. The van der Waals surface area contributed by atoms with Gasteiger partial charge in [0.1, 0.15) is 0 Å². The van der Waals surface area contributed by atoms with Crippen LogP contribution in [0, 0.1) is 5.92 Å². The summed E-state index contributed by atoms with van der Waals surface area (Å²) in [5.41, 5.74) is 0.